The van der Waals surface area contributed by atoms with Crippen LogP contribution < -0.4 is 10.6 Å². The SMILES string of the molecule is CCC(CC)C(NC(C(=O)OC)C(C)C)C(=O)Nc1ccc(C)cc1. The minimum atomic E-state index is -0.514. The van der Waals surface area contributed by atoms with E-state index < -0.39 is 12.1 Å². The van der Waals surface area contributed by atoms with Gasteiger partial charge in [-0.05, 0) is 30.9 Å². The Labute approximate surface area is 151 Å². The summed E-state index contributed by atoms with van der Waals surface area (Å²) in [6.45, 7) is 10.0. The van der Waals surface area contributed by atoms with Gasteiger partial charge in [-0.15, -0.1) is 0 Å². The first kappa shape index (κ1) is 21.2. The number of esters is 1. The number of carbonyl (C=O) groups is 2. The van der Waals surface area contributed by atoms with Gasteiger partial charge in [0, 0.05) is 5.69 Å². The third-order valence-electron chi connectivity index (χ3n) is 4.60. The lowest BCUT2D eigenvalue weighted by Gasteiger charge is -2.30. The number of anilines is 1. The van der Waals surface area contributed by atoms with Crippen LogP contribution in [0.2, 0.25) is 0 Å². The second kappa shape index (κ2) is 10.2. The van der Waals surface area contributed by atoms with Crippen molar-refractivity contribution in [2.45, 2.75) is 59.5 Å². The van der Waals surface area contributed by atoms with Crippen molar-refractivity contribution in [1.29, 1.82) is 0 Å². The Hall–Kier alpha value is -1.88. The van der Waals surface area contributed by atoms with Gasteiger partial charge in [0.1, 0.15) is 6.04 Å². The Morgan fingerprint density at radius 3 is 2.04 bits per heavy atom. The normalized spacial score (nSPS) is 13.6. The third-order valence-corrected chi connectivity index (χ3v) is 4.60. The second-order valence-corrected chi connectivity index (χ2v) is 6.82. The summed E-state index contributed by atoms with van der Waals surface area (Å²) in [7, 11) is 1.37. The minimum absolute atomic E-state index is 0.0245. The van der Waals surface area contributed by atoms with Gasteiger partial charge in [0.25, 0.3) is 0 Å². The predicted octanol–water partition coefficient (Wildman–Crippen LogP) is 3.53. The summed E-state index contributed by atoms with van der Waals surface area (Å²) < 4.78 is 4.90. The molecule has 140 valence electrons. The molecule has 2 N–H and O–H groups in total. The van der Waals surface area contributed by atoms with Crippen LogP contribution in [0.3, 0.4) is 0 Å². The predicted molar refractivity (Wildman–Crippen MR) is 101 cm³/mol. The van der Waals surface area contributed by atoms with Gasteiger partial charge < -0.3 is 10.1 Å². The topological polar surface area (TPSA) is 67.4 Å². The number of carbonyl (C=O) groups excluding carboxylic acids is 2. The number of nitrogens with one attached hydrogen (secondary N) is 2. The molecule has 0 radical (unpaired) electrons. The number of ether oxygens (including phenoxy) is 1. The number of methoxy groups -OCH3 is 1. The van der Waals surface area contributed by atoms with Crippen molar-refractivity contribution in [3.63, 3.8) is 0 Å². The average molecular weight is 348 g/mol. The molecule has 0 saturated carbocycles. The fraction of sp³-hybridized carbons (Fsp3) is 0.600. The molecule has 5 nitrogen and oxygen atoms in total. The summed E-state index contributed by atoms with van der Waals surface area (Å²) in [4.78, 5) is 25.0. The van der Waals surface area contributed by atoms with Crippen molar-refractivity contribution >= 4 is 17.6 Å². The number of amides is 1. The fourth-order valence-electron chi connectivity index (χ4n) is 2.90. The highest BCUT2D eigenvalue weighted by Gasteiger charge is 2.33. The van der Waals surface area contributed by atoms with Gasteiger partial charge in [-0.1, -0.05) is 58.2 Å². The summed E-state index contributed by atoms with van der Waals surface area (Å²) in [5.41, 5.74) is 1.89. The first-order valence-electron chi connectivity index (χ1n) is 9.05. The molecule has 25 heavy (non-hydrogen) atoms. The number of benzene rings is 1. The Morgan fingerprint density at radius 1 is 1.04 bits per heavy atom. The fourth-order valence-corrected chi connectivity index (χ4v) is 2.90. The van der Waals surface area contributed by atoms with Gasteiger partial charge in [-0.25, -0.2) is 0 Å². The highest BCUT2D eigenvalue weighted by molar-refractivity contribution is 5.95. The maximum absolute atomic E-state index is 12.9. The van der Waals surface area contributed by atoms with Crippen molar-refractivity contribution in [2.75, 3.05) is 12.4 Å². The zero-order valence-corrected chi connectivity index (χ0v) is 16.3. The quantitative estimate of drug-likeness (QED) is 0.670. The lowest BCUT2D eigenvalue weighted by atomic mass is 9.91. The second-order valence-electron chi connectivity index (χ2n) is 6.82. The van der Waals surface area contributed by atoms with Crippen LogP contribution in [0.5, 0.6) is 0 Å². The smallest absolute Gasteiger partial charge is 0.323 e. The van der Waals surface area contributed by atoms with E-state index in [1.165, 1.54) is 7.11 Å². The molecule has 0 heterocycles. The van der Waals surface area contributed by atoms with Crippen LogP contribution >= 0.6 is 0 Å². The van der Waals surface area contributed by atoms with Crippen LogP contribution in [0.4, 0.5) is 5.69 Å². The first-order valence-corrected chi connectivity index (χ1v) is 9.05. The van der Waals surface area contributed by atoms with E-state index >= 15 is 0 Å². The average Bonchev–Trinajstić information content (AvgIpc) is 2.59. The monoisotopic (exact) mass is 348 g/mol. The van der Waals surface area contributed by atoms with Gasteiger partial charge in [0.2, 0.25) is 5.91 Å². The molecule has 0 bridgehead atoms. The van der Waals surface area contributed by atoms with Gasteiger partial charge in [0.15, 0.2) is 0 Å². The first-order chi connectivity index (χ1) is 11.8. The number of hydrogen-bond donors (Lipinski definition) is 2. The third kappa shape index (κ3) is 6.16. The van der Waals surface area contributed by atoms with Crippen molar-refractivity contribution < 1.29 is 14.3 Å². The Morgan fingerprint density at radius 2 is 1.60 bits per heavy atom. The van der Waals surface area contributed by atoms with Crippen LogP contribution in [0.1, 0.15) is 46.1 Å². The van der Waals surface area contributed by atoms with Crippen LogP contribution in [-0.2, 0) is 14.3 Å². The molecular weight excluding hydrogens is 316 g/mol. The Kier molecular flexibility index (Phi) is 8.62. The molecule has 1 aromatic carbocycles. The van der Waals surface area contributed by atoms with E-state index in [1.807, 2.05) is 45.0 Å². The molecule has 0 aliphatic carbocycles. The van der Waals surface area contributed by atoms with Crippen LogP contribution in [0, 0.1) is 18.8 Å². The maximum Gasteiger partial charge on any atom is 0.323 e. The van der Waals surface area contributed by atoms with Crippen molar-refractivity contribution in [3.8, 4) is 0 Å². The molecule has 1 aromatic rings. The van der Waals surface area contributed by atoms with Gasteiger partial charge >= 0.3 is 5.97 Å². The van der Waals surface area contributed by atoms with E-state index in [0.717, 1.165) is 24.1 Å². The number of hydrogen-bond acceptors (Lipinski definition) is 4. The van der Waals surface area contributed by atoms with Crippen molar-refractivity contribution in [1.82, 2.24) is 5.32 Å². The van der Waals surface area contributed by atoms with Gasteiger partial charge in [-0.2, -0.15) is 0 Å². The zero-order chi connectivity index (χ0) is 19.0. The molecule has 0 fully saturated rings. The van der Waals surface area contributed by atoms with Crippen LogP contribution in [-0.4, -0.2) is 31.1 Å². The zero-order valence-electron chi connectivity index (χ0n) is 16.3. The standard InChI is InChI=1S/C20H32N2O3/c1-7-15(8-2)18(22-17(13(3)4)20(24)25-6)19(23)21-16-11-9-14(5)10-12-16/h9-13,15,17-18,22H,7-8H2,1-6H3,(H,21,23). The molecule has 1 amide bonds. The largest absolute Gasteiger partial charge is 0.468 e. The summed E-state index contributed by atoms with van der Waals surface area (Å²) in [6.07, 6.45) is 1.70. The molecule has 2 atom stereocenters. The lowest BCUT2D eigenvalue weighted by Crippen LogP contribution is -2.54. The van der Waals surface area contributed by atoms with E-state index in [2.05, 4.69) is 24.5 Å². The molecular formula is C20H32N2O3. The van der Waals surface area contributed by atoms with Crippen molar-refractivity contribution in [2.24, 2.45) is 11.8 Å². The summed E-state index contributed by atoms with van der Waals surface area (Å²) in [5.74, 6) is -0.297. The lowest BCUT2D eigenvalue weighted by molar-refractivity contribution is -0.144. The maximum atomic E-state index is 12.9. The molecule has 0 saturated heterocycles. The van der Waals surface area contributed by atoms with Gasteiger partial charge in [-0.3, -0.25) is 14.9 Å². The van der Waals surface area contributed by atoms with Gasteiger partial charge in [0.05, 0.1) is 13.2 Å². The summed E-state index contributed by atoms with van der Waals surface area (Å²) >= 11 is 0. The molecule has 0 aliphatic heterocycles. The van der Waals surface area contributed by atoms with Crippen LogP contribution in [0.15, 0.2) is 24.3 Å². The molecule has 5 heteroatoms. The van der Waals surface area contributed by atoms with E-state index in [0.29, 0.717) is 0 Å². The number of rotatable bonds is 9. The highest BCUT2D eigenvalue weighted by atomic mass is 16.5. The molecule has 0 aliphatic rings. The van der Waals surface area contributed by atoms with E-state index in [-0.39, 0.29) is 23.7 Å². The van der Waals surface area contributed by atoms with Crippen molar-refractivity contribution in [3.05, 3.63) is 29.8 Å². The molecule has 0 spiro atoms. The van der Waals surface area contributed by atoms with Crippen LogP contribution in [0.25, 0.3) is 0 Å². The van der Waals surface area contributed by atoms with E-state index in [1.54, 1.807) is 0 Å². The Balaban J connectivity index is 2.99. The van der Waals surface area contributed by atoms with E-state index in [4.69, 9.17) is 4.74 Å². The Bertz CT molecular complexity index is 551. The molecule has 0 aromatic heterocycles. The number of aryl methyl sites for hydroxylation is 1. The van der Waals surface area contributed by atoms with E-state index in [9.17, 15) is 9.59 Å². The summed E-state index contributed by atoms with van der Waals surface area (Å²) in [5, 5.41) is 6.22. The highest BCUT2D eigenvalue weighted by Crippen LogP contribution is 2.18. The minimum Gasteiger partial charge on any atom is -0.468 e. The molecule has 1 rings (SSSR count). The molecule has 2 unspecified atom stereocenters. The summed E-state index contributed by atoms with van der Waals surface area (Å²) in [6, 6.07) is 6.72.